The van der Waals surface area contributed by atoms with Crippen molar-refractivity contribution >= 4 is 17.7 Å². The molecule has 1 saturated heterocycles. The number of hydrogen-bond acceptors (Lipinski definition) is 5. The second-order valence-corrected chi connectivity index (χ2v) is 5.65. The molecular formula is C17H18N2O5. The molecule has 1 N–H and O–H groups in total. The molecule has 7 heteroatoms. The fourth-order valence-corrected chi connectivity index (χ4v) is 2.92. The standard InChI is InChI=1S/C17H18N2O5/c1-10-6-7-12(15(20)18-10)19-16(21)11-4-3-5-13(14(11)17(19)22)24-9-8-23-2/h3-5,12H,1,6-9H2,2H3,(H,18,20). The summed E-state index contributed by atoms with van der Waals surface area (Å²) < 4.78 is 10.5. The molecule has 7 nitrogen and oxygen atoms in total. The average Bonchev–Trinajstić information content (AvgIpc) is 2.81. The van der Waals surface area contributed by atoms with Gasteiger partial charge in [-0.3, -0.25) is 19.3 Å². The summed E-state index contributed by atoms with van der Waals surface area (Å²) in [7, 11) is 1.55. The fourth-order valence-electron chi connectivity index (χ4n) is 2.92. The third kappa shape index (κ3) is 2.67. The molecule has 3 amide bonds. The molecular weight excluding hydrogens is 312 g/mol. The van der Waals surface area contributed by atoms with Crippen molar-refractivity contribution in [2.24, 2.45) is 0 Å². The molecule has 1 aromatic rings. The number of nitrogens with zero attached hydrogens (tertiary/aromatic N) is 1. The molecule has 1 aromatic carbocycles. The van der Waals surface area contributed by atoms with E-state index in [1.54, 1.807) is 25.3 Å². The summed E-state index contributed by atoms with van der Waals surface area (Å²) in [5.74, 6) is -1.04. The Labute approximate surface area is 139 Å². The molecule has 0 radical (unpaired) electrons. The Morgan fingerprint density at radius 1 is 1.25 bits per heavy atom. The minimum absolute atomic E-state index is 0.204. The molecule has 24 heavy (non-hydrogen) atoms. The lowest BCUT2D eigenvalue weighted by Crippen LogP contribution is -2.51. The van der Waals surface area contributed by atoms with Gasteiger partial charge < -0.3 is 14.8 Å². The Balaban J connectivity index is 1.89. The number of benzene rings is 1. The highest BCUT2D eigenvalue weighted by molar-refractivity contribution is 6.24. The molecule has 0 saturated carbocycles. The number of hydrogen-bond donors (Lipinski definition) is 1. The Kier molecular flexibility index (Phi) is 4.35. The summed E-state index contributed by atoms with van der Waals surface area (Å²) in [6, 6.07) is 4.03. The van der Waals surface area contributed by atoms with Gasteiger partial charge in [0, 0.05) is 12.8 Å². The van der Waals surface area contributed by atoms with Gasteiger partial charge in [-0.15, -0.1) is 0 Å². The van der Waals surface area contributed by atoms with Crippen LogP contribution in [-0.4, -0.2) is 49.0 Å². The van der Waals surface area contributed by atoms with Gasteiger partial charge in [0.05, 0.1) is 17.7 Å². The number of carbonyl (C=O) groups is 3. The number of fused-ring (bicyclic) bond motifs is 1. The topological polar surface area (TPSA) is 84.9 Å². The van der Waals surface area contributed by atoms with E-state index in [9.17, 15) is 14.4 Å². The number of rotatable bonds is 5. The van der Waals surface area contributed by atoms with Gasteiger partial charge in [0.2, 0.25) is 5.91 Å². The molecule has 1 atom stereocenters. The first-order chi connectivity index (χ1) is 11.5. The van der Waals surface area contributed by atoms with E-state index < -0.39 is 17.9 Å². The van der Waals surface area contributed by atoms with Gasteiger partial charge in [0.15, 0.2) is 0 Å². The lowest BCUT2D eigenvalue weighted by molar-refractivity contribution is -0.125. The van der Waals surface area contributed by atoms with Crippen LogP contribution in [0.1, 0.15) is 33.6 Å². The third-order valence-electron chi connectivity index (χ3n) is 4.09. The predicted molar refractivity (Wildman–Crippen MR) is 84.6 cm³/mol. The fraction of sp³-hybridized carbons (Fsp3) is 0.353. The molecule has 2 heterocycles. The highest BCUT2D eigenvalue weighted by Gasteiger charge is 2.45. The van der Waals surface area contributed by atoms with Crippen LogP contribution in [0.5, 0.6) is 5.75 Å². The Bertz CT molecular complexity index is 728. The van der Waals surface area contributed by atoms with Gasteiger partial charge in [0.25, 0.3) is 11.8 Å². The van der Waals surface area contributed by atoms with Crippen LogP contribution in [0, 0.1) is 0 Å². The van der Waals surface area contributed by atoms with E-state index in [1.165, 1.54) is 0 Å². The minimum atomic E-state index is -0.824. The molecule has 3 rings (SSSR count). The van der Waals surface area contributed by atoms with Gasteiger partial charge in [-0.05, 0) is 25.0 Å². The summed E-state index contributed by atoms with van der Waals surface area (Å²) in [5.41, 5.74) is 1.05. The highest BCUT2D eigenvalue weighted by atomic mass is 16.5. The number of ether oxygens (including phenoxy) is 2. The lowest BCUT2D eigenvalue weighted by atomic mass is 10.0. The van der Waals surface area contributed by atoms with E-state index in [1.807, 2.05) is 0 Å². The molecule has 0 spiro atoms. The molecule has 126 valence electrons. The Hall–Kier alpha value is -2.67. The van der Waals surface area contributed by atoms with Crippen LogP contribution in [-0.2, 0) is 9.53 Å². The summed E-state index contributed by atoms with van der Waals surface area (Å²) in [5, 5.41) is 2.60. The lowest BCUT2D eigenvalue weighted by Gasteiger charge is -2.29. The van der Waals surface area contributed by atoms with Gasteiger partial charge in [-0.2, -0.15) is 0 Å². The van der Waals surface area contributed by atoms with Gasteiger partial charge in [0.1, 0.15) is 18.4 Å². The van der Waals surface area contributed by atoms with E-state index in [0.717, 1.165) is 4.90 Å². The summed E-state index contributed by atoms with van der Waals surface area (Å²) in [4.78, 5) is 38.6. The monoisotopic (exact) mass is 330 g/mol. The van der Waals surface area contributed by atoms with Crippen molar-refractivity contribution in [3.8, 4) is 5.75 Å². The van der Waals surface area contributed by atoms with Crippen LogP contribution in [0.4, 0.5) is 0 Å². The smallest absolute Gasteiger partial charge is 0.266 e. The molecule has 2 aliphatic heterocycles. The van der Waals surface area contributed by atoms with Crippen LogP contribution in [0.3, 0.4) is 0 Å². The number of amides is 3. The zero-order valence-electron chi connectivity index (χ0n) is 13.3. The first-order valence-corrected chi connectivity index (χ1v) is 7.66. The normalized spacial score (nSPS) is 20.2. The quantitative estimate of drug-likeness (QED) is 0.645. The third-order valence-corrected chi connectivity index (χ3v) is 4.09. The molecule has 1 fully saturated rings. The van der Waals surface area contributed by atoms with E-state index in [4.69, 9.17) is 9.47 Å². The maximum atomic E-state index is 12.8. The maximum absolute atomic E-state index is 12.8. The van der Waals surface area contributed by atoms with E-state index in [2.05, 4.69) is 11.9 Å². The number of nitrogens with one attached hydrogen (secondary N) is 1. The Morgan fingerprint density at radius 3 is 2.75 bits per heavy atom. The van der Waals surface area contributed by atoms with Crippen LogP contribution < -0.4 is 10.1 Å². The summed E-state index contributed by atoms with van der Waals surface area (Å²) in [6.45, 7) is 4.33. The predicted octanol–water partition coefficient (Wildman–Crippen LogP) is 1.10. The van der Waals surface area contributed by atoms with Crippen molar-refractivity contribution < 1.29 is 23.9 Å². The van der Waals surface area contributed by atoms with E-state index >= 15 is 0 Å². The number of methoxy groups -OCH3 is 1. The minimum Gasteiger partial charge on any atom is -0.490 e. The summed E-state index contributed by atoms with van der Waals surface area (Å²) >= 11 is 0. The van der Waals surface area contributed by atoms with Crippen molar-refractivity contribution in [3.63, 3.8) is 0 Å². The molecule has 2 aliphatic rings. The van der Waals surface area contributed by atoms with Gasteiger partial charge in [-0.1, -0.05) is 12.6 Å². The van der Waals surface area contributed by atoms with Crippen LogP contribution in [0.15, 0.2) is 30.5 Å². The SMILES string of the molecule is C=C1CCC(N2C(=O)c3cccc(OCCOC)c3C2=O)C(=O)N1. The average molecular weight is 330 g/mol. The van der Waals surface area contributed by atoms with Gasteiger partial charge in [-0.25, -0.2) is 0 Å². The second-order valence-electron chi connectivity index (χ2n) is 5.65. The Morgan fingerprint density at radius 2 is 2.04 bits per heavy atom. The van der Waals surface area contributed by atoms with Crippen molar-refractivity contribution in [3.05, 3.63) is 41.6 Å². The van der Waals surface area contributed by atoms with Crippen LogP contribution in [0.25, 0.3) is 0 Å². The molecule has 1 unspecified atom stereocenters. The maximum Gasteiger partial charge on any atom is 0.266 e. The summed E-state index contributed by atoms with van der Waals surface area (Å²) in [6.07, 6.45) is 0.900. The number of imide groups is 1. The largest absolute Gasteiger partial charge is 0.490 e. The number of piperidine rings is 1. The van der Waals surface area contributed by atoms with Crippen LogP contribution in [0.2, 0.25) is 0 Å². The number of carbonyl (C=O) groups excluding carboxylic acids is 3. The van der Waals surface area contributed by atoms with E-state index in [-0.39, 0.29) is 23.6 Å². The number of allylic oxidation sites excluding steroid dienone is 1. The van der Waals surface area contributed by atoms with Gasteiger partial charge >= 0.3 is 0 Å². The zero-order chi connectivity index (χ0) is 17.3. The molecule has 0 bridgehead atoms. The zero-order valence-corrected chi connectivity index (χ0v) is 13.3. The van der Waals surface area contributed by atoms with Crippen LogP contribution >= 0.6 is 0 Å². The van der Waals surface area contributed by atoms with Crippen molar-refractivity contribution in [2.45, 2.75) is 18.9 Å². The first-order valence-electron chi connectivity index (χ1n) is 7.66. The highest BCUT2D eigenvalue weighted by Crippen LogP contribution is 2.33. The first kappa shape index (κ1) is 16.2. The molecule has 0 aliphatic carbocycles. The van der Waals surface area contributed by atoms with Crippen molar-refractivity contribution in [2.75, 3.05) is 20.3 Å². The van der Waals surface area contributed by atoms with Crippen molar-refractivity contribution in [1.29, 1.82) is 0 Å². The molecule has 0 aromatic heterocycles. The van der Waals surface area contributed by atoms with Crippen molar-refractivity contribution in [1.82, 2.24) is 10.2 Å². The van der Waals surface area contributed by atoms with E-state index in [0.29, 0.717) is 30.9 Å². The second kappa shape index (κ2) is 6.45.